The van der Waals surface area contributed by atoms with Gasteiger partial charge in [-0.2, -0.15) is 0 Å². The minimum Gasteiger partial charge on any atom is -0.326 e. The first kappa shape index (κ1) is 16.0. The maximum atomic E-state index is 12.2. The molecule has 6 heteroatoms. The van der Waals surface area contributed by atoms with Crippen LogP contribution >= 0.6 is 11.3 Å². The van der Waals surface area contributed by atoms with Crippen LogP contribution in [0.5, 0.6) is 0 Å². The second-order valence-corrected chi connectivity index (χ2v) is 7.32. The quantitative estimate of drug-likeness (QED) is 0.774. The third-order valence-corrected chi connectivity index (χ3v) is 5.31. The Morgan fingerprint density at radius 2 is 2.12 bits per heavy atom. The Labute approximate surface area is 150 Å². The summed E-state index contributed by atoms with van der Waals surface area (Å²) >= 11 is 1.60. The third-order valence-electron chi connectivity index (χ3n) is 4.43. The molecule has 1 amide bonds. The van der Waals surface area contributed by atoms with Gasteiger partial charge >= 0.3 is 0 Å². The van der Waals surface area contributed by atoms with Crippen molar-refractivity contribution in [1.82, 2.24) is 14.8 Å². The number of nitrogens with zero attached hydrogens (tertiary/aromatic N) is 3. The van der Waals surface area contributed by atoms with Crippen molar-refractivity contribution in [3.8, 4) is 11.4 Å². The van der Waals surface area contributed by atoms with E-state index in [9.17, 15) is 4.79 Å². The summed E-state index contributed by atoms with van der Waals surface area (Å²) in [6.07, 6.45) is 4.97. The molecule has 25 heavy (non-hydrogen) atoms. The first-order chi connectivity index (χ1) is 12.3. The molecule has 0 fully saturated rings. The second kappa shape index (κ2) is 7.19. The molecule has 1 aliphatic heterocycles. The zero-order chi connectivity index (χ0) is 17.1. The molecule has 4 rings (SSSR count). The van der Waals surface area contributed by atoms with Crippen molar-refractivity contribution in [2.24, 2.45) is 0 Å². The van der Waals surface area contributed by atoms with Crippen LogP contribution in [-0.2, 0) is 24.2 Å². The van der Waals surface area contributed by atoms with Gasteiger partial charge in [-0.3, -0.25) is 4.79 Å². The van der Waals surface area contributed by atoms with E-state index in [0.29, 0.717) is 6.42 Å². The van der Waals surface area contributed by atoms with Crippen LogP contribution in [0.2, 0.25) is 0 Å². The average Bonchev–Trinajstić information content (AvgIpc) is 3.20. The highest BCUT2D eigenvalue weighted by atomic mass is 32.1. The van der Waals surface area contributed by atoms with Gasteiger partial charge in [0, 0.05) is 29.1 Å². The van der Waals surface area contributed by atoms with Crippen molar-refractivity contribution in [3.05, 3.63) is 52.5 Å². The number of fused-ring (bicyclic) bond motifs is 1. The Bertz CT molecular complexity index is 869. The molecular weight excluding hydrogens is 332 g/mol. The molecule has 128 valence electrons. The predicted molar refractivity (Wildman–Crippen MR) is 99.7 cm³/mol. The normalized spacial score (nSPS) is 13.9. The van der Waals surface area contributed by atoms with Gasteiger partial charge in [0.05, 0.1) is 6.42 Å². The van der Waals surface area contributed by atoms with Crippen LogP contribution in [0.25, 0.3) is 11.4 Å². The number of hydrogen-bond acceptors (Lipinski definition) is 4. The van der Waals surface area contributed by atoms with Gasteiger partial charge in [-0.05, 0) is 36.4 Å². The van der Waals surface area contributed by atoms with Crippen LogP contribution < -0.4 is 5.32 Å². The number of anilines is 1. The number of benzene rings is 1. The Hall–Kier alpha value is -2.47. The summed E-state index contributed by atoms with van der Waals surface area (Å²) in [5.41, 5.74) is 1.79. The molecule has 0 atom stereocenters. The standard InChI is InChI=1S/C19H20N4OS/c24-18(13-16-8-5-11-25-16)20-15-7-4-6-14(12-15)19-22-21-17-9-2-1-3-10-23(17)19/h4-8,11-12H,1-3,9-10,13H2,(H,20,24). The largest absolute Gasteiger partial charge is 0.326 e. The summed E-state index contributed by atoms with van der Waals surface area (Å²) < 4.78 is 2.22. The smallest absolute Gasteiger partial charge is 0.229 e. The van der Waals surface area contributed by atoms with Crippen molar-refractivity contribution >= 4 is 22.9 Å². The highest BCUT2D eigenvalue weighted by Gasteiger charge is 2.16. The summed E-state index contributed by atoms with van der Waals surface area (Å²) in [5.74, 6) is 1.96. The molecule has 0 unspecified atom stereocenters. The van der Waals surface area contributed by atoms with E-state index in [1.54, 1.807) is 11.3 Å². The van der Waals surface area contributed by atoms with E-state index >= 15 is 0 Å². The summed E-state index contributed by atoms with van der Waals surface area (Å²) in [4.78, 5) is 13.3. The Morgan fingerprint density at radius 1 is 1.16 bits per heavy atom. The van der Waals surface area contributed by atoms with Gasteiger partial charge in [0.2, 0.25) is 5.91 Å². The molecule has 1 aromatic carbocycles. The van der Waals surface area contributed by atoms with Crippen molar-refractivity contribution < 1.29 is 4.79 Å². The van der Waals surface area contributed by atoms with Gasteiger partial charge < -0.3 is 9.88 Å². The first-order valence-corrected chi connectivity index (χ1v) is 9.52. The van der Waals surface area contributed by atoms with Crippen LogP contribution in [0.3, 0.4) is 0 Å². The number of thiophene rings is 1. The topological polar surface area (TPSA) is 59.8 Å². The lowest BCUT2D eigenvalue weighted by molar-refractivity contribution is -0.115. The number of nitrogens with one attached hydrogen (secondary N) is 1. The Balaban J connectivity index is 1.54. The van der Waals surface area contributed by atoms with E-state index in [2.05, 4.69) is 20.1 Å². The lowest BCUT2D eigenvalue weighted by Crippen LogP contribution is -2.13. The number of carbonyl (C=O) groups excluding carboxylic acids is 1. The first-order valence-electron chi connectivity index (χ1n) is 8.64. The van der Waals surface area contributed by atoms with Gasteiger partial charge in [0.15, 0.2) is 5.82 Å². The summed E-state index contributed by atoms with van der Waals surface area (Å²) in [6, 6.07) is 11.8. The maximum absolute atomic E-state index is 12.2. The van der Waals surface area contributed by atoms with Crippen molar-refractivity contribution in [1.29, 1.82) is 0 Å². The van der Waals surface area contributed by atoms with E-state index in [1.165, 1.54) is 12.8 Å². The fraction of sp³-hybridized carbons (Fsp3) is 0.316. The van der Waals surface area contributed by atoms with Gasteiger partial charge in [-0.25, -0.2) is 0 Å². The zero-order valence-corrected chi connectivity index (χ0v) is 14.8. The predicted octanol–water partition coefficient (Wildman–Crippen LogP) is 3.91. The highest BCUT2D eigenvalue weighted by Crippen LogP contribution is 2.25. The van der Waals surface area contributed by atoms with Crippen molar-refractivity contribution in [2.75, 3.05) is 5.32 Å². The number of rotatable bonds is 4. The lowest BCUT2D eigenvalue weighted by atomic mass is 10.1. The van der Waals surface area contributed by atoms with Gasteiger partial charge in [-0.1, -0.05) is 24.6 Å². The molecule has 0 spiro atoms. The van der Waals surface area contributed by atoms with Crippen molar-refractivity contribution in [3.63, 3.8) is 0 Å². The third kappa shape index (κ3) is 3.64. The molecule has 3 aromatic rings. The molecule has 1 N–H and O–H groups in total. The molecule has 1 aliphatic rings. The Kier molecular flexibility index (Phi) is 4.61. The van der Waals surface area contributed by atoms with Crippen LogP contribution in [0.1, 0.15) is 30.0 Å². The molecule has 0 aliphatic carbocycles. The average molecular weight is 352 g/mol. The van der Waals surface area contributed by atoms with Crippen LogP contribution in [0.4, 0.5) is 5.69 Å². The van der Waals surface area contributed by atoms with E-state index < -0.39 is 0 Å². The van der Waals surface area contributed by atoms with Crippen LogP contribution in [0, 0.1) is 0 Å². The molecule has 5 nitrogen and oxygen atoms in total. The number of aryl methyl sites for hydroxylation is 1. The summed E-state index contributed by atoms with van der Waals surface area (Å²) in [5, 5.41) is 13.7. The maximum Gasteiger partial charge on any atom is 0.229 e. The molecule has 3 heterocycles. The van der Waals surface area contributed by atoms with Crippen LogP contribution in [-0.4, -0.2) is 20.7 Å². The molecule has 2 aromatic heterocycles. The minimum atomic E-state index is -0.000303. The van der Waals surface area contributed by atoms with E-state index in [1.807, 2.05) is 41.8 Å². The zero-order valence-electron chi connectivity index (χ0n) is 13.9. The van der Waals surface area contributed by atoms with E-state index in [0.717, 1.165) is 47.2 Å². The minimum absolute atomic E-state index is 0.000303. The van der Waals surface area contributed by atoms with E-state index in [4.69, 9.17) is 0 Å². The SMILES string of the molecule is O=C(Cc1cccs1)Nc1cccc(-c2nnc3n2CCCCC3)c1. The molecular formula is C19H20N4OS. The number of carbonyl (C=O) groups is 1. The van der Waals surface area contributed by atoms with Gasteiger partial charge in [0.25, 0.3) is 0 Å². The fourth-order valence-electron chi connectivity index (χ4n) is 3.21. The lowest BCUT2D eigenvalue weighted by Gasteiger charge is -2.09. The van der Waals surface area contributed by atoms with Gasteiger partial charge in [0.1, 0.15) is 5.82 Å². The highest BCUT2D eigenvalue weighted by molar-refractivity contribution is 7.10. The molecule has 0 radical (unpaired) electrons. The summed E-state index contributed by atoms with van der Waals surface area (Å²) in [7, 11) is 0. The van der Waals surface area contributed by atoms with Crippen molar-refractivity contribution in [2.45, 2.75) is 38.6 Å². The monoisotopic (exact) mass is 352 g/mol. The molecule has 0 saturated carbocycles. The summed E-state index contributed by atoms with van der Waals surface area (Å²) in [6.45, 7) is 0.965. The number of hydrogen-bond donors (Lipinski definition) is 1. The van der Waals surface area contributed by atoms with Crippen LogP contribution in [0.15, 0.2) is 41.8 Å². The second-order valence-electron chi connectivity index (χ2n) is 6.29. The van der Waals surface area contributed by atoms with Gasteiger partial charge in [-0.15, -0.1) is 21.5 Å². The number of aromatic nitrogens is 3. The molecule has 0 saturated heterocycles. The molecule has 0 bridgehead atoms. The van der Waals surface area contributed by atoms with E-state index in [-0.39, 0.29) is 5.91 Å². The fourth-order valence-corrected chi connectivity index (χ4v) is 3.91. The Morgan fingerprint density at radius 3 is 3.00 bits per heavy atom. The number of amides is 1.